The van der Waals surface area contributed by atoms with E-state index >= 15 is 0 Å². The van der Waals surface area contributed by atoms with Crippen LogP contribution in [0.5, 0.6) is 0 Å². The summed E-state index contributed by atoms with van der Waals surface area (Å²) in [6, 6.07) is 0. The van der Waals surface area contributed by atoms with E-state index in [1.807, 2.05) is 83.1 Å². The number of hydrogen-bond acceptors (Lipinski definition) is 24. The zero-order valence-corrected chi connectivity index (χ0v) is 56.0. The van der Waals surface area contributed by atoms with Gasteiger partial charge in [-0.25, -0.2) is 0 Å². The Balaban J connectivity index is -0.000000333. The average Bonchev–Trinajstić information content (AvgIpc) is 3.69. The minimum atomic E-state index is -2.01. The molecular weight excluding hydrogens is 1150 g/mol. The molecule has 0 aliphatic rings. The van der Waals surface area contributed by atoms with Crippen molar-refractivity contribution in [3.63, 3.8) is 0 Å². The molecule has 4 atom stereocenters. The molecule has 0 radical (unpaired) electrons. The first-order valence-electron chi connectivity index (χ1n) is 30.5. The summed E-state index contributed by atoms with van der Waals surface area (Å²) in [7, 11) is 0. The molecule has 0 amide bonds. The molecule has 0 saturated heterocycles. The molecule has 0 heterocycles. The van der Waals surface area contributed by atoms with Crippen LogP contribution in [-0.4, -0.2) is 174 Å². The van der Waals surface area contributed by atoms with Crippen molar-refractivity contribution in [3.8, 4) is 0 Å². The molecule has 4 unspecified atom stereocenters. The molecular formula is C60H108O24Ti. The Hall–Kier alpha value is -3.21. The van der Waals surface area contributed by atoms with Crippen LogP contribution in [-0.2, 0) is 117 Å². The molecule has 24 nitrogen and oxygen atoms in total. The van der Waals surface area contributed by atoms with Gasteiger partial charge in [0.25, 0.3) is 0 Å². The third-order valence-electron chi connectivity index (χ3n) is 11.8. The van der Waals surface area contributed by atoms with Crippen LogP contribution in [0.1, 0.15) is 214 Å². The van der Waals surface area contributed by atoms with Gasteiger partial charge in [0.05, 0.1) is 23.9 Å². The van der Waals surface area contributed by atoms with E-state index in [1.165, 1.54) is 0 Å². The predicted octanol–water partition coefficient (Wildman–Crippen LogP) is 4.24. The molecule has 496 valence electrons. The summed E-state index contributed by atoms with van der Waals surface area (Å²) in [6.07, 6.45) is 2.86. The fourth-order valence-electron chi connectivity index (χ4n) is 7.07. The van der Waals surface area contributed by atoms with Crippen molar-refractivity contribution < 1.29 is 137 Å². The van der Waals surface area contributed by atoms with Gasteiger partial charge in [-0.15, -0.1) is 0 Å². The minimum absolute atomic E-state index is 0. The zero-order chi connectivity index (χ0) is 65.2. The number of carbonyl (C=O) groups excluding carboxylic acids is 8. The van der Waals surface area contributed by atoms with Crippen molar-refractivity contribution in [1.29, 1.82) is 0 Å². The van der Waals surface area contributed by atoms with Gasteiger partial charge in [0.15, 0.2) is 22.4 Å². The van der Waals surface area contributed by atoms with E-state index in [2.05, 4.69) is 0 Å². The van der Waals surface area contributed by atoms with Gasteiger partial charge in [0.1, 0.15) is 0 Å². The average molecular weight is 1260 g/mol. The number of hydrogen-bond donors (Lipinski definition) is 0. The first-order valence-corrected chi connectivity index (χ1v) is 30.5. The molecule has 0 rings (SSSR count). The summed E-state index contributed by atoms with van der Waals surface area (Å²) in [5, 5.41) is 45.9. The Kier molecular flexibility index (Phi) is 58.5. The van der Waals surface area contributed by atoms with Gasteiger partial charge in [0.2, 0.25) is 48.3 Å². The van der Waals surface area contributed by atoms with E-state index < -0.39 is 94.6 Å². The smallest absolute Gasteiger partial charge is 0.546 e. The summed E-state index contributed by atoms with van der Waals surface area (Å²) in [5.41, 5.74) is -8.05. The molecule has 0 aromatic rings. The number of carboxylic acid groups (broad SMARTS) is 4. The Bertz CT molecular complexity index is 1490. The molecule has 0 bridgehead atoms. The second-order valence-corrected chi connectivity index (χ2v) is 19.0. The van der Waals surface area contributed by atoms with Gasteiger partial charge in [0, 0.05) is 79.3 Å². The number of ether oxygens (including phenoxy) is 12. The van der Waals surface area contributed by atoms with Gasteiger partial charge >= 0.3 is 21.7 Å². The van der Waals surface area contributed by atoms with Crippen molar-refractivity contribution in [2.45, 2.75) is 261 Å². The molecule has 0 aromatic heterocycles. The zero-order valence-electron chi connectivity index (χ0n) is 54.4. The molecule has 25 heteroatoms. The van der Waals surface area contributed by atoms with Crippen LogP contribution >= 0.6 is 0 Å². The van der Waals surface area contributed by atoms with Crippen molar-refractivity contribution in [3.05, 3.63) is 0 Å². The maximum absolute atomic E-state index is 12.6. The maximum atomic E-state index is 12.6. The quantitative estimate of drug-likeness (QED) is 0.0467. The van der Waals surface area contributed by atoms with E-state index in [-0.39, 0.29) is 73.8 Å². The van der Waals surface area contributed by atoms with Gasteiger partial charge in [-0.2, -0.15) is 0 Å². The van der Waals surface area contributed by atoms with Gasteiger partial charge < -0.3 is 96.4 Å². The van der Waals surface area contributed by atoms with E-state index in [0.717, 1.165) is 0 Å². The Labute approximate surface area is 522 Å². The third kappa shape index (κ3) is 32.2. The van der Waals surface area contributed by atoms with Crippen LogP contribution in [0.2, 0.25) is 0 Å². The number of aliphatic carboxylic acids is 4. The number of ketones is 4. The van der Waals surface area contributed by atoms with Gasteiger partial charge in [-0.3, -0.25) is 19.2 Å². The Morgan fingerprint density at radius 1 is 0.247 bits per heavy atom. The van der Waals surface area contributed by atoms with Gasteiger partial charge in [-0.05, 0) is 103 Å². The second kappa shape index (κ2) is 54.9. The van der Waals surface area contributed by atoms with Crippen LogP contribution < -0.4 is 20.4 Å². The summed E-state index contributed by atoms with van der Waals surface area (Å²) >= 11 is 0. The summed E-state index contributed by atoms with van der Waals surface area (Å²) in [6.45, 7) is 31.8. The molecule has 0 aromatic carbocycles. The number of carboxylic acids is 4. The van der Waals surface area contributed by atoms with Crippen molar-refractivity contribution in [2.24, 2.45) is 0 Å². The van der Waals surface area contributed by atoms with Crippen molar-refractivity contribution in [2.75, 3.05) is 79.3 Å². The van der Waals surface area contributed by atoms with Crippen LogP contribution in [0.15, 0.2) is 0 Å². The molecule has 0 aliphatic heterocycles. The van der Waals surface area contributed by atoms with Crippen LogP contribution in [0.3, 0.4) is 0 Å². The minimum Gasteiger partial charge on any atom is -0.546 e. The Morgan fingerprint density at radius 2 is 0.365 bits per heavy atom. The standard InChI is InChI=1S/4C15H28O6.Ti/c4*1-5-9-19-13(20-10-6-2)12(16)15(8-4,14(17)18)21-11-7-3;/h4*13H,5-11H2,1-4H3,(H,17,18);/q;;;;+4/p-4. The maximum Gasteiger partial charge on any atom is 4.00 e. The SMILES string of the molecule is CCCOC(OCCC)C(=O)C(CC)(OCCC)C(=O)[O-].CCCOC(OCCC)C(=O)C(CC)(OCCC)C(=O)[O-].CCCOC(OCCC)C(=O)C(CC)(OCCC)C(=O)[O-].CCCOC(OCCC)C(=O)C(CC)(OCCC)C(=O)[O-].[Ti+4]. The predicted molar refractivity (Wildman–Crippen MR) is 302 cm³/mol. The molecule has 0 aliphatic carbocycles. The van der Waals surface area contributed by atoms with E-state index in [4.69, 9.17) is 56.8 Å². The number of carbonyl (C=O) groups is 8. The summed E-state index contributed by atoms with van der Waals surface area (Å²) in [5.74, 6) is -9.13. The van der Waals surface area contributed by atoms with Gasteiger partial charge in [-0.1, -0.05) is 111 Å². The normalized spacial score (nSPS) is 14.0. The van der Waals surface area contributed by atoms with Crippen molar-refractivity contribution in [1.82, 2.24) is 0 Å². The Morgan fingerprint density at radius 3 is 0.447 bits per heavy atom. The van der Waals surface area contributed by atoms with E-state index in [1.54, 1.807) is 27.7 Å². The van der Waals surface area contributed by atoms with Crippen LogP contribution in [0.25, 0.3) is 0 Å². The van der Waals surface area contributed by atoms with Crippen LogP contribution in [0.4, 0.5) is 0 Å². The monoisotopic (exact) mass is 1260 g/mol. The fraction of sp³-hybridized carbons (Fsp3) is 0.867. The first-order chi connectivity index (χ1) is 40.0. The third-order valence-corrected chi connectivity index (χ3v) is 11.8. The molecule has 85 heavy (non-hydrogen) atoms. The summed E-state index contributed by atoms with van der Waals surface area (Å²) in [4.78, 5) is 96.2. The molecule has 0 N–H and O–H groups in total. The largest absolute Gasteiger partial charge is 4.00 e. The fourth-order valence-corrected chi connectivity index (χ4v) is 7.07. The molecule has 0 saturated carbocycles. The van der Waals surface area contributed by atoms with E-state index in [9.17, 15) is 58.8 Å². The van der Waals surface area contributed by atoms with Crippen LogP contribution in [0, 0.1) is 0 Å². The summed E-state index contributed by atoms with van der Waals surface area (Å²) < 4.78 is 64.1. The van der Waals surface area contributed by atoms with E-state index in [0.29, 0.717) is 130 Å². The molecule has 0 fully saturated rings. The second-order valence-electron chi connectivity index (χ2n) is 19.0. The first kappa shape index (κ1) is 90.5. The molecule has 0 spiro atoms. The topological polar surface area (TPSA) is 340 Å². The number of Topliss-reactive ketones (excluding diaryl/α,β-unsaturated/α-hetero) is 4. The number of rotatable bonds is 52. The van der Waals surface area contributed by atoms with Crippen molar-refractivity contribution >= 4 is 47.0 Å².